The Morgan fingerprint density at radius 1 is 1.38 bits per heavy atom. The fourth-order valence-corrected chi connectivity index (χ4v) is 2.96. The predicted molar refractivity (Wildman–Crippen MR) is 79.1 cm³/mol. The van der Waals surface area contributed by atoms with Gasteiger partial charge >= 0.3 is 6.18 Å². The minimum atomic E-state index is -4.42. The zero-order valence-corrected chi connectivity index (χ0v) is 13.0. The molecule has 24 heavy (non-hydrogen) atoms. The van der Waals surface area contributed by atoms with Gasteiger partial charge in [-0.05, 0) is 12.3 Å². The minimum absolute atomic E-state index is 0.145. The summed E-state index contributed by atoms with van der Waals surface area (Å²) in [6, 6.07) is 1.99. The molecule has 2 aromatic heterocycles. The molecule has 1 atom stereocenters. The number of fused-ring (bicyclic) bond motifs is 1. The molecule has 2 aromatic rings. The first-order chi connectivity index (χ1) is 11.4. The van der Waals surface area contributed by atoms with Crippen LogP contribution in [-0.4, -0.2) is 33.1 Å². The number of hydrogen-bond acceptors (Lipinski definition) is 5. The number of anilines is 1. The third-order valence-electron chi connectivity index (χ3n) is 4.06. The van der Waals surface area contributed by atoms with Crippen molar-refractivity contribution in [1.82, 2.24) is 19.5 Å². The number of halogens is 3. The van der Waals surface area contributed by atoms with Crippen LogP contribution < -0.4 is 4.90 Å². The summed E-state index contributed by atoms with van der Waals surface area (Å²) in [4.78, 5) is 13.6. The molecular formula is C15H15F3N6. The number of imidazole rings is 1. The Kier molecular flexibility index (Phi) is 4.13. The SMILES string of the molecule is CN(C[C@@H]1CCc2nc(C(F)(F)F)cn2C1)c1nccnc1C#N. The van der Waals surface area contributed by atoms with Crippen LogP contribution in [0, 0.1) is 17.2 Å². The summed E-state index contributed by atoms with van der Waals surface area (Å²) in [5, 5.41) is 9.08. The van der Waals surface area contributed by atoms with E-state index in [2.05, 4.69) is 15.0 Å². The summed E-state index contributed by atoms with van der Waals surface area (Å²) >= 11 is 0. The van der Waals surface area contributed by atoms with Crippen molar-refractivity contribution >= 4 is 5.82 Å². The summed E-state index contributed by atoms with van der Waals surface area (Å²) in [5.74, 6) is 1.09. The Labute approximate surface area is 136 Å². The number of hydrogen-bond donors (Lipinski definition) is 0. The lowest BCUT2D eigenvalue weighted by Gasteiger charge is -2.28. The molecule has 0 bridgehead atoms. The van der Waals surface area contributed by atoms with Crippen LogP contribution in [0.25, 0.3) is 0 Å². The largest absolute Gasteiger partial charge is 0.434 e. The maximum absolute atomic E-state index is 12.8. The Bertz CT molecular complexity index is 776. The molecule has 0 saturated heterocycles. The van der Waals surface area contributed by atoms with Crippen LogP contribution in [0.5, 0.6) is 0 Å². The highest BCUT2D eigenvalue weighted by atomic mass is 19.4. The van der Waals surface area contributed by atoms with Crippen LogP contribution in [0.1, 0.15) is 23.6 Å². The van der Waals surface area contributed by atoms with Gasteiger partial charge in [-0.15, -0.1) is 0 Å². The highest BCUT2D eigenvalue weighted by Crippen LogP contribution is 2.31. The van der Waals surface area contributed by atoms with Gasteiger partial charge in [0.15, 0.2) is 17.2 Å². The maximum atomic E-state index is 12.8. The number of aromatic nitrogens is 4. The van der Waals surface area contributed by atoms with Crippen LogP contribution in [0.2, 0.25) is 0 Å². The number of rotatable bonds is 3. The van der Waals surface area contributed by atoms with Crippen molar-refractivity contribution in [3.8, 4) is 6.07 Å². The quantitative estimate of drug-likeness (QED) is 0.860. The Balaban J connectivity index is 1.72. The standard InChI is InChI=1S/C15H15F3N6/c1-23(14-11(6-19)20-4-5-21-14)7-10-2-3-13-22-12(15(16,17)18)9-24(13)8-10/h4-5,9-10H,2-3,7-8H2,1H3/t10-/m0/s1. The molecule has 0 aliphatic carbocycles. The molecule has 0 unspecified atom stereocenters. The lowest BCUT2D eigenvalue weighted by Crippen LogP contribution is -2.32. The predicted octanol–water partition coefficient (Wildman–Crippen LogP) is 2.26. The zero-order chi connectivity index (χ0) is 17.3. The molecule has 3 rings (SSSR count). The van der Waals surface area contributed by atoms with E-state index in [-0.39, 0.29) is 11.6 Å². The lowest BCUT2D eigenvalue weighted by atomic mass is 9.99. The van der Waals surface area contributed by atoms with Gasteiger partial charge in [0, 0.05) is 45.1 Å². The second-order valence-corrected chi connectivity index (χ2v) is 5.82. The van der Waals surface area contributed by atoms with E-state index in [0.717, 1.165) is 12.6 Å². The van der Waals surface area contributed by atoms with Crippen molar-refractivity contribution in [2.45, 2.75) is 25.6 Å². The lowest BCUT2D eigenvalue weighted by molar-refractivity contribution is -0.141. The summed E-state index contributed by atoms with van der Waals surface area (Å²) < 4.78 is 39.8. The van der Waals surface area contributed by atoms with E-state index in [4.69, 9.17) is 5.26 Å². The van der Waals surface area contributed by atoms with Crippen LogP contribution in [-0.2, 0) is 19.1 Å². The number of alkyl halides is 3. The third-order valence-corrected chi connectivity index (χ3v) is 4.06. The Hall–Kier alpha value is -2.63. The number of nitriles is 1. The second-order valence-electron chi connectivity index (χ2n) is 5.82. The van der Waals surface area contributed by atoms with Crippen LogP contribution >= 0.6 is 0 Å². The third kappa shape index (κ3) is 3.18. The normalized spacial score (nSPS) is 17.2. The van der Waals surface area contributed by atoms with E-state index < -0.39 is 11.9 Å². The Morgan fingerprint density at radius 3 is 2.83 bits per heavy atom. The Morgan fingerprint density at radius 2 is 2.12 bits per heavy atom. The van der Waals surface area contributed by atoms with E-state index in [9.17, 15) is 13.2 Å². The van der Waals surface area contributed by atoms with Crippen LogP contribution in [0.15, 0.2) is 18.6 Å². The van der Waals surface area contributed by atoms with Crippen molar-refractivity contribution in [2.75, 3.05) is 18.5 Å². The van der Waals surface area contributed by atoms with E-state index >= 15 is 0 Å². The fraction of sp³-hybridized carbons (Fsp3) is 0.467. The second kappa shape index (κ2) is 6.11. The highest BCUT2D eigenvalue weighted by Gasteiger charge is 2.35. The monoisotopic (exact) mass is 336 g/mol. The fourth-order valence-electron chi connectivity index (χ4n) is 2.96. The molecule has 0 radical (unpaired) electrons. The average molecular weight is 336 g/mol. The van der Waals surface area contributed by atoms with E-state index in [1.807, 2.05) is 11.0 Å². The smallest absolute Gasteiger partial charge is 0.357 e. The molecule has 1 aliphatic heterocycles. The molecule has 0 fully saturated rings. The first-order valence-corrected chi connectivity index (χ1v) is 7.44. The average Bonchev–Trinajstić information content (AvgIpc) is 2.98. The van der Waals surface area contributed by atoms with Crippen molar-refractivity contribution in [3.63, 3.8) is 0 Å². The summed E-state index contributed by atoms with van der Waals surface area (Å²) in [5.41, 5.74) is -0.606. The van der Waals surface area contributed by atoms with Crippen molar-refractivity contribution in [2.24, 2.45) is 5.92 Å². The van der Waals surface area contributed by atoms with Gasteiger partial charge in [-0.1, -0.05) is 0 Å². The highest BCUT2D eigenvalue weighted by molar-refractivity contribution is 5.48. The summed E-state index contributed by atoms with van der Waals surface area (Å²) in [6.45, 7) is 1.04. The van der Waals surface area contributed by atoms with Crippen LogP contribution in [0.4, 0.5) is 19.0 Å². The first kappa shape index (κ1) is 16.2. The molecule has 0 saturated carbocycles. The van der Waals surface area contributed by atoms with E-state index in [1.54, 1.807) is 11.6 Å². The molecule has 126 valence electrons. The van der Waals surface area contributed by atoms with Gasteiger partial charge in [0.2, 0.25) is 0 Å². The van der Waals surface area contributed by atoms with Crippen molar-refractivity contribution in [1.29, 1.82) is 5.26 Å². The summed E-state index contributed by atoms with van der Waals surface area (Å²) in [7, 11) is 1.80. The molecule has 0 spiro atoms. The zero-order valence-electron chi connectivity index (χ0n) is 13.0. The van der Waals surface area contributed by atoms with Gasteiger partial charge < -0.3 is 9.47 Å². The van der Waals surface area contributed by atoms with Crippen molar-refractivity contribution < 1.29 is 13.2 Å². The number of aryl methyl sites for hydroxylation is 1. The van der Waals surface area contributed by atoms with Crippen molar-refractivity contribution in [3.05, 3.63) is 35.8 Å². The van der Waals surface area contributed by atoms with Gasteiger partial charge in [-0.25, -0.2) is 15.0 Å². The van der Waals surface area contributed by atoms with E-state index in [1.165, 1.54) is 12.4 Å². The van der Waals surface area contributed by atoms with Gasteiger partial charge in [-0.3, -0.25) is 0 Å². The number of nitrogens with zero attached hydrogens (tertiary/aromatic N) is 6. The molecule has 3 heterocycles. The molecule has 0 N–H and O–H groups in total. The first-order valence-electron chi connectivity index (χ1n) is 7.44. The molecule has 0 amide bonds. The van der Waals surface area contributed by atoms with Gasteiger partial charge in [0.25, 0.3) is 0 Å². The summed E-state index contributed by atoms with van der Waals surface area (Å²) in [6.07, 6.45) is 0.855. The maximum Gasteiger partial charge on any atom is 0.434 e. The van der Waals surface area contributed by atoms with E-state index in [0.29, 0.717) is 31.2 Å². The topological polar surface area (TPSA) is 70.6 Å². The van der Waals surface area contributed by atoms with Gasteiger partial charge in [-0.2, -0.15) is 18.4 Å². The minimum Gasteiger partial charge on any atom is -0.357 e. The van der Waals surface area contributed by atoms with Crippen LogP contribution in [0.3, 0.4) is 0 Å². The molecule has 9 heteroatoms. The van der Waals surface area contributed by atoms with Gasteiger partial charge in [0.1, 0.15) is 11.9 Å². The van der Waals surface area contributed by atoms with Gasteiger partial charge in [0.05, 0.1) is 0 Å². The molecule has 0 aromatic carbocycles. The molecule has 1 aliphatic rings. The molecule has 6 nitrogen and oxygen atoms in total. The molecular weight excluding hydrogens is 321 g/mol.